The van der Waals surface area contributed by atoms with Gasteiger partial charge < -0.3 is 4.42 Å². The predicted molar refractivity (Wildman–Crippen MR) is 68.8 cm³/mol. The van der Waals surface area contributed by atoms with Gasteiger partial charge in [-0.2, -0.15) is 0 Å². The highest BCUT2D eigenvalue weighted by Gasteiger charge is 2.11. The van der Waals surface area contributed by atoms with Crippen LogP contribution in [-0.4, -0.2) is 15.9 Å². The maximum absolute atomic E-state index is 11.8. The average Bonchev–Trinajstić information content (AvgIpc) is 2.95. The van der Waals surface area contributed by atoms with Crippen LogP contribution in [0.2, 0.25) is 0 Å². The van der Waals surface area contributed by atoms with Crippen molar-refractivity contribution in [3.63, 3.8) is 0 Å². The van der Waals surface area contributed by atoms with Gasteiger partial charge in [-0.05, 0) is 24.6 Å². The highest BCUT2D eigenvalue weighted by molar-refractivity contribution is 7.22. The van der Waals surface area contributed by atoms with Gasteiger partial charge in [-0.25, -0.2) is 9.97 Å². The molecule has 0 bridgehead atoms. The molecule has 0 aliphatic carbocycles. The Kier molecular flexibility index (Phi) is 2.56. The molecule has 3 rings (SSSR count). The minimum absolute atomic E-state index is 0.241. The van der Waals surface area contributed by atoms with Gasteiger partial charge >= 0.3 is 0 Å². The van der Waals surface area contributed by atoms with Crippen LogP contribution in [0.4, 0.5) is 5.13 Å². The zero-order chi connectivity index (χ0) is 12.5. The number of hydrogen-bond acceptors (Lipinski definition) is 5. The van der Waals surface area contributed by atoms with Gasteiger partial charge in [-0.15, -0.1) is 0 Å². The van der Waals surface area contributed by atoms with Crippen molar-refractivity contribution in [1.29, 1.82) is 0 Å². The van der Waals surface area contributed by atoms with E-state index in [1.165, 1.54) is 29.6 Å². The lowest BCUT2D eigenvalue weighted by Crippen LogP contribution is -2.11. The molecule has 2 aromatic heterocycles. The van der Waals surface area contributed by atoms with Crippen LogP contribution in [0, 0.1) is 6.92 Å². The second-order valence-corrected chi connectivity index (χ2v) is 4.85. The molecule has 0 atom stereocenters. The summed E-state index contributed by atoms with van der Waals surface area (Å²) in [5, 5.41) is 3.26. The number of aromatic nitrogens is 2. The van der Waals surface area contributed by atoms with E-state index in [2.05, 4.69) is 15.3 Å². The summed E-state index contributed by atoms with van der Waals surface area (Å²) < 4.78 is 5.81. The monoisotopic (exact) mass is 259 g/mol. The first kappa shape index (κ1) is 10.9. The molecule has 1 amide bonds. The fourth-order valence-corrected chi connectivity index (χ4v) is 2.53. The Balaban J connectivity index is 1.89. The first-order chi connectivity index (χ1) is 8.72. The van der Waals surface area contributed by atoms with Crippen molar-refractivity contribution < 1.29 is 9.21 Å². The summed E-state index contributed by atoms with van der Waals surface area (Å²) in [6.45, 7) is 2.02. The van der Waals surface area contributed by atoms with E-state index in [9.17, 15) is 4.79 Å². The van der Waals surface area contributed by atoms with E-state index in [-0.39, 0.29) is 11.6 Å². The van der Waals surface area contributed by atoms with E-state index < -0.39 is 0 Å². The number of anilines is 1. The van der Waals surface area contributed by atoms with Gasteiger partial charge in [0.05, 0.1) is 10.2 Å². The van der Waals surface area contributed by atoms with E-state index in [0.717, 1.165) is 10.2 Å². The molecule has 1 N–H and O–H groups in total. The second-order valence-electron chi connectivity index (χ2n) is 3.82. The van der Waals surface area contributed by atoms with E-state index in [1.807, 2.05) is 25.1 Å². The van der Waals surface area contributed by atoms with Crippen molar-refractivity contribution in [1.82, 2.24) is 9.97 Å². The van der Waals surface area contributed by atoms with Gasteiger partial charge in [0.2, 0.25) is 0 Å². The number of hydrogen-bond donors (Lipinski definition) is 1. The van der Waals surface area contributed by atoms with Crippen molar-refractivity contribution in [3.05, 3.63) is 42.1 Å². The Morgan fingerprint density at radius 1 is 1.44 bits per heavy atom. The Morgan fingerprint density at radius 2 is 2.33 bits per heavy atom. The maximum atomic E-state index is 11.8. The molecule has 0 aliphatic rings. The predicted octanol–water partition coefficient (Wildman–Crippen LogP) is 2.85. The highest BCUT2D eigenvalue weighted by Crippen LogP contribution is 2.26. The Morgan fingerprint density at radius 3 is 3.11 bits per heavy atom. The molecule has 0 radical (unpaired) electrons. The number of thiazole rings is 1. The zero-order valence-electron chi connectivity index (χ0n) is 9.51. The molecular weight excluding hydrogens is 250 g/mol. The van der Waals surface area contributed by atoms with E-state index in [1.54, 1.807) is 0 Å². The topological polar surface area (TPSA) is 68.0 Å². The normalized spacial score (nSPS) is 10.7. The fourth-order valence-electron chi connectivity index (χ4n) is 1.57. The molecule has 90 valence electrons. The van der Waals surface area contributed by atoms with Crippen LogP contribution in [0.25, 0.3) is 10.2 Å². The Labute approximate surface area is 106 Å². The van der Waals surface area contributed by atoms with Crippen molar-refractivity contribution in [2.24, 2.45) is 0 Å². The molecule has 0 spiro atoms. The second kappa shape index (κ2) is 4.23. The number of oxazole rings is 1. The standard InChI is InChI=1S/C12H9N3O2S/c1-7-2-3-8-10(4-7)18-12(14-8)15-11(16)9-5-17-6-13-9/h2-6H,1H3,(H,14,15,16). The smallest absolute Gasteiger partial charge is 0.279 e. The minimum Gasteiger partial charge on any atom is -0.451 e. The molecule has 0 saturated heterocycles. The van der Waals surface area contributed by atoms with Crippen LogP contribution in [0.15, 0.2) is 35.3 Å². The third kappa shape index (κ3) is 1.98. The van der Waals surface area contributed by atoms with Gasteiger partial charge in [-0.3, -0.25) is 10.1 Å². The van der Waals surface area contributed by atoms with Crippen molar-refractivity contribution >= 4 is 32.6 Å². The molecule has 1 aromatic carbocycles. The molecule has 0 saturated carbocycles. The third-order valence-corrected chi connectivity index (χ3v) is 3.36. The SMILES string of the molecule is Cc1ccc2nc(NC(=O)c3cocn3)sc2c1. The van der Waals surface area contributed by atoms with Crippen LogP contribution in [0.1, 0.15) is 16.1 Å². The zero-order valence-corrected chi connectivity index (χ0v) is 10.3. The Hall–Kier alpha value is -2.21. The lowest BCUT2D eigenvalue weighted by atomic mass is 10.2. The summed E-state index contributed by atoms with van der Waals surface area (Å²) in [6, 6.07) is 5.97. The van der Waals surface area contributed by atoms with Crippen molar-refractivity contribution in [3.8, 4) is 0 Å². The maximum Gasteiger partial charge on any atom is 0.279 e. The lowest BCUT2D eigenvalue weighted by molar-refractivity contribution is 0.102. The number of nitrogens with zero attached hydrogens (tertiary/aromatic N) is 2. The van der Waals surface area contributed by atoms with E-state index >= 15 is 0 Å². The first-order valence-corrected chi connectivity index (χ1v) is 6.11. The molecule has 18 heavy (non-hydrogen) atoms. The van der Waals surface area contributed by atoms with Crippen LogP contribution in [0.3, 0.4) is 0 Å². The summed E-state index contributed by atoms with van der Waals surface area (Å²) in [5.74, 6) is -0.320. The van der Waals surface area contributed by atoms with Crippen LogP contribution in [-0.2, 0) is 0 Å². The first-order valence-electron chi connectivity index (χ1n) is 5.29. The van der Waals surface area contributed by atoms with Gasteiger partial charge in [0, 0.05) is 0 Å². The average molecular weight is 259 g/mol. The molecule has 2 heterocycles. The van der Waals surface area contributed by atoms with Crippen LogP contribution < -0.4 is 5.32 Å². The third-order valence-electron chi connectivity index (χ3n) is 2.43. The molecule has 0 aliphatic heterocycles. The van der Waals surface area contributed by atoms with Gasteiger partial charge in [-0.1, -0.05) is 17.4 Å². The summed E-state index contributed by atoms with van der Waals surface area (Å²) in [5.41, 5.74) is 2.28. The van der Waals surface area contributed by atoms with Crippen LogP contribution in [0.5, 0.6) is 0 Å². The van der Waals surface area contributed by atoms with Gasteiger partial charge in [0.1, 0.15) is 6.26 Å². The van der Waals surface area contributed by atoms with Gasteiger partial charge in [0.25, 0.3) is 5.91 Å². The summed E-state index contributed by atoms with van der Waals surface area (Å²) in [7, 11) is 0. The van der Waals surface area contributed by atoms with Crippen molar-refractivity contribution in [2.75, 3.05) is 5.32 Å². The number of carbonyl (C=O) groups excluding carboxylic acids is 1. The highest BCUT2D eigenvalue weighted by atomic mass is 32.1. The van der Waals surface area contributed by atoms with E-state index in [4.69, 9.17) is 4.42 Å². The minimum atomic E-state index is -0.320. The molecule has 6 heteroatoms. The van der Waals surface area contributed by atoms with Crippen molar-refractivity contribution in [2.45, 2.75) is 6.92 Å². The summed E-state index contributed by atoms with van der Waals surface area (Å²) >= 11 is 1.44. The Bertz CT molecular complexity index is 703. The largest absolute Gasteiger partial charge is 0.451 e. The summed E-state index contributed by atoms with van der Waals surface area (Å²) in [4.78, 5) is 19.9. The molecule has 5 nitrogen and oxygen atoms in total. The fraction of sp³-hybridized carbons (Fsp3) is 0.0833. The molecular formula is C12H9N3O2S. The van der Waals surface area contributed by atoms with Gasteiger partial charge in [0.15, 0.2) is 17.2 Å². The quantitative estimate of drug-likeness (QED) is 0.768. The number of nitrogens with one attached hydrogen (secondary N) is 1. The molecule has 0 unspecified atom stereocenters. The summed E-state index contributed by atoms with van der Waals surface area (Å²) in [6.07, 6.45) is 2.52. The lowest BCUT2D eigenvalue weighted by Gasteiger charge is -1.95. The molecule has 3 aromatic rings. The number of fused-ring (bicyclic) bond motifs is 1. The van der Waals surface area contributed by atoms with E-state index in [0.29, 0.717) is 5.13 Å². The number of carbonyl (C=O) groups is 1. The number of amides is 1. The molecule has 0 fully saturated rings. The number of aryl methyl sites for hydroxylation is 1. The van der Waals surface area contributed by atoms with Crippen LogP contribution >= 0.6 is 11.3 Å². The number of rotatable bonds is 2. The number of benzene rings is 1.